The van der Waals surface area contributed by atoms with Crippen LogP contribution in [0.1, 0.15) is 29.5 Å². The van der Waals surface area contributed by atoms with E-state index in [9.17, 15) is 4.79 Å². The average molecular weight is 389 g/mol. The fraction of sp³-hybridized carbons (Fsp3) is 0.176. The molecule has 9 heteroatoms. The molecule has 7 nitrogen and oxygen atoms in total. The van der Waals surface area contributed by atoms with Gasteiger partial charge >= 0.3 is 0 Å². The summed E-state index contributed by atoms with van der Waals surface area (Å²) in [5.41, 5.74) is 7.24. The van der Waals surface area contributed by atoms with Crippen LogP contribution in [-0.2, 0) is 0 Å². The minimum absolute atomic E-state index is 0.156. The third-order valence-corrected chi connectivity index (χ3v) is 4.34. The summed E-state index contributed by atoms with van der Waals surface area (Å²) >= 11 is 12.0. The van der Waals surface area contributed by atoms with Gasteiger partial charge in [0.1, 0.15) is 10.8 Å². The Bertz CT molecular complexity index is 1000. The maximum absolute atomic E-state index is 12.3. The lowest BCUT2D eigenvalue weighted by molar-refractivity contribution is 0.0931. The summed E-state index contributed by atoms with van der Waals surface area (Å²) in [6.45, 7) is 1.84. The molecule has 0 unspecified atom stereocenters. The van der Waals surface area contributed by atoms with Crippen LogP contribution in [0.4, 0.5) is 5.82 Å². The number of aromatic amines is 1. The summed E-state index contributed by atoms with van der Waals surface area (Å²) in [6.07, 6.45) is 3.48. The van der Waals surface area contributed by atoms with Gasteiger partial charge in [-0.05, 0) is 19.1 Å². The summed E-state index contributed by atoms with van der Waals surface area (Å²) in [5, 5.41) is 3.26. The van der Waals surface area contributed by atoms with Gasteiger partial charge in [0.15, 0.2) is 11.5 Å². The van der Waals surface area contributed by atoms with Crippen LogP contribution >= 0.6 is 23.2 Å². The van der Waals surface area contributed by atoms with Crippen molar-refractivity contribution in [2.75, 3.05) is 5.73 Å². The van der Waals surface area contributed by atoms with E-state index < -0.39 is 0 Å². The molecular formula is C17H14Cl2N6O. The molecule has 0 radical (unpaired) electrons. The molecule has 1 amide bonds. The van der Waals surface area contributed by atoms with E-state index in [-0.39, 0.29) is 33.6 Å². The monoisotopic (exact) mass is 388 g/mol. The Morgan fingerprint density at radius 3 is 2.96 bits per heavy atom. The number of hydrogen-bond donors (Lipinski definition) is 3. The van der Waals surface area contributed by atoms with Gasteiger partial charge in [0.25, 0.3) is 5.91 Å². The minimum Gasteiger partial charge on any atom is -0.382 e. The highest BCUT2D eigenvalue weighted by molar-refractivity contribution is 6.44. The number of carbonyl (C=O) groups is 1. The molecule has 0 fully saturated rings. The van der Waals surface area contributed by atoms with Crippen LogP contribution in [0.25, 0.3) is 11.2 Å². The topological polar surface area (TPSA) is 110 Å². The molecule has 1 atom stereocenters. The predicted molar refractivity (Wildman–Crippen MR) is 101 cm³/mol. The summed E-state index contributed by atoms with van der Waals surface area (Å²) in [6, 6.07) is 3.37. The van der Waals surface area contributed by atoms with Crippen LogP contribution < -0.4 is 11.1 Å². The number of nitrogens with zero attached hydrogens (tertiary/aromatic N) is 3. The van der Waals surface area contributed by atoms with Crippen molar-refractivity contribution in [3.05, 3.63) is 46.0 Å². The first kappa shape index (κ1) is 18.0. The first-order valence-corrected chi connectivity index (χ1v) is 8.41. The molecule has 132 valence electrons. The zero-order chi connectivity index (χ0) is 18.7. The first-order chi connectivity index (χ1) is 12.5. The number of nitrogens with one attached hydrogen (secondary N) is 2. The van der Waals surface area contributed by atoms with Crippen molar-refractivity contribution in [2.45, 2.75) is 19.4 Å². The van der Waals surface area contributed by atoms with Gasteiger partial charge in [-0.3, -0.25) is 4.79 Å². The van der Waals surface area contributed by atoms with Gasteiger partial charge in [-0.15, -0.1) is 0 Å². The summed E-state index contributed by atoms with van der Waals surface area (Å²) in [7, 11) is 0. The minimum atomic E-state index is -0.326. The van der Waals surface area contributed by atoms with Crippen LogP contribution in [0.2, 0.25) is 10.0 Å². The number of fused-ring (bicyclic) bond motifs is 1. The number of nitrogens with two attached hydrogens (primary N) is 1. The van der Waals surface area contributed by atoms with Crippen molar-refractivity contribution >= 4 is 46.1 Å². The molecule has 0 aliphatic carbocycles. The van der Waals surface area contributed by atoms with E-state index in [2.05, 4.69) is 37.1 Å². The number of carbonyl (C=O) groups excluding carboxylic acids is 1. The van der Waals surface area contributed by atoms with Crippen molar-refractivity contribution < 1.29 is 4.79 Å². The molecule has 0 spiro atoms. The van der Waals surface area contributed by atoms with E-state index in [1.807, 2.05) is 6.92 Å². The molecular weight excluding hydrogens is 375 g/mol. The van der Waals surface area contributed by atoms with Gasteiger partial charge in [0, 0.05) is 24.9 Å². The smallest absolute Gasteiger partial charge is 0.287 e. The third-order valence-electron chi connectivity index (χ3n) is 3.47. The van der Waals surface area contributed by atoms with Crippen molar-refractivity contribution in [2.24, 2.45) is 0 Å². The predicted octanol–water partition coefficient (Wildman–Crippen LogP) is 2.80. The number of halogens is 2. The quantitative estimate of drug-likeness (QED) is 0.597. The number of nitrogen functional groups attached to an aromatic ring is 1. The normalized spacial score (nSPS) is 11.7. The van der Waals surface area contributed by atoms with Crippen molar-refractivity contribution in [3.8, 4) is 11.8 Å². The lowest BCUT2D eigenvalue weighted by Crippen LogP contribution is -2.32. The second-order valence-electron chi connectivity index (χ2n) is 5.53. The van der Waals surface area contributed by atoms with Crippen molar-refractivity contribution in [1.82, 2.24) is 25.3 Å². The zero-order valence-corrected chi connectivity index (χ0v) is 15.2. The largest absolute Gasteiger partial charge is 0.382 e. The van der Waals surface area contributed by atoms with Gasteiger partial charge in [0.2, 0.25) is 0 Å². The summed E-state index contributed by atoms with van der Waals surface area (Å²) in [4.78, 5) is 27.3. The van der Waals surface area contributed by atoms with E-state index >= 15 is 0 Å². The van der Waals surface area contributed by atoms with E-state index in [1.54, 1.807) is 18.3 Å². The number of aromatic nitrogens is 4. The molecule has 0 saturated carbocycles. The number of pyridine rings is 2. The SMILES string of the molecule is C[C@@H](CC#Cc1cnc(N)c(Cl)c1Cl)NC(=O)c1nc2ncccc2[nH]1. The molecule has 3 heterocycles. The zero-order valence-electron chi connectivity index (χ0n) is 13.7. The Kier molecular flexibility index (Phi) is 5.26. The van der Waals surface area contributed by atoms with E-state index in [0.717, 1.165) is 0 Å². The van der Waals surface area contributed by atoms with E-state index in [4.69, 9.17) is 28.9 Å². The first-order valence-electron chi connectivity index (χ1n) is 7.65. The van der Waals surface area contributed by atoms with Gasteiger partial charge in [-0.2, -0.15) is 0 Å². The van der Waals surface area contributed by atoms with Crippen LogP contribution in [0.3, 0.4) is 0 Å². The lowest BCUT2D eigenvalue weighted by Gasteiger charge is -2.09. The summed E-state index contributed by atoms with van der Waals surface area (Å²) < 4.78 is 0. The summed E-state index contributed by atoms with van der Waals surface area (Å²) in [5.74, 6) is 5.85. The van der Waals surface area contributed by atoms with Gasteiger partial charge in [-0.25, -0.2) is 15.0 Å². The van der Waals surface area contributed by atoms with Crippen molar-refractivity contribution in [1.29, 1.82) is 0 Å². The molecule has 0 bridgehead atoms. The van der Waals surface area contributed by atoms with Gasteiger partial charge in [0.05, 0.1) is 16.1 Å². The molecule has 0 saturated heterocycles. The molecule has 0 aliphatic heterocycles. The molecule has 0 aromatic carbocycles. The standard InChI is InChI=1S/C17H14Cl2N6O/c1-9(4-2-5-10-8-22-14(20)13(19)12(10)18)23-17(26)16-24-11-6-3-7-21-15(11)25-16/h3,6-9H,4H2,1H3,(H2,20,22)(H,23,26)(H,21,24,25)/t9-/m0/s1. The number of H-pyrrole nitrogens is 1. The fourth-order valence-electron chi connectivity index (χ4n) is 2.16. The highest BCUT2D eigenvalue weighted by Crippen LogP contribution is 2.28. The Labute approximate surface area is 159 Å². The highest BCUT2D eigenvalue weighted by Gasteiger charge is 2.14. The highest BCUT2D eigenvalue weighted by atomic mass is 35.5. The molecule has 0 aliphatic rings. The second kappa shape index (κ2) is 7.60. The van der Waals surface area contributed by atoms with E-state index in [0.29, 0.717) is 23.1 Å². The maximum Gasteiger partial charge on any atom is 0.287 e. The Hall–Kier alpha value is -2.82. The average Bonchev–Trinajstić information content (AvgIpc) is 3.06. The van der Waals surface area contributed by atoms with Crippen LogP contribution in [0.5, 0.6) is 0 Å². The molecule has 3 aromatic rings. The molecule has 4 N–H and O–H groups in total. The van der Waals surface area contributed by atoms with Crippen LogP contribution in [0, 0.1) is 11.8 Å². The second-order valence-corrected chi connectivity index (χ2v) is 6.28. The van der Waals surface area contributed by atoms with Gasteiger partial charge < -0.3 is 16.0 Å². The molecule has 3 aromatic heterocycles. The van der Waals surface area contributed by atoms with Crippen LogP contribution in [0.15, 0.2) is 24.5 Å². The lowest BCUT2D eigenvalue weighted by atomic mass is 10.2. The Morgan fingerprint density at radius 2 is 2.19 bits per heavy atom. The van der Waals surface area contributed by atoms with Gasteiger partial charge in [-0.1, -0.05) is 35.0 Å². The Morgan fingerprint density at radius 1 is 1.38 bits per heavy atom. The Balaban J connectivity index is 1.63. The fourth-order valence-corrected chi connectivity index (χ4v) is 2.50. The van der Waals surface area contributed by atoms with Crippen molar-refractivity contribution in [3.63, 3.8) is 0 Å². The molecule has 26 heavy (non-hydrogen) atoms. The van der Waals surface area contributed by atoms with E-state index in [1.165, 1.54) is 6.20 Å². The number of rotatable bonds is 3. The maximum atomic E-state index is 12.3. The number of anilines is 1. The third kappa shape index (κ3) is 3.87. The molecule has 3 rings (SSSR count). The number of hydrogen-bond acceptors (Lipinski definition) is 5. The number of imidazole rings is 1. The van der Waals surface area contributed by atoms with Crippen LogP contribution in [-0.4, -0.2) is 31.9 Å². The number of amides is 1.